The van der Waals surface area contributed by atoms with E-state index >= 15 is 0 Å². The fourth-order valence-electron chi connectivity index (χ4n) is 2.15. The summed E-state index contributed by atoms with van der Waals surface area (Å²) < 4.78 is 31.6. The van der Waals surface area contributed by atoms with Crippen LogP contribution in [0.5, 0.6) is 0 Å². The molecule has 1 unspecified atom stereocenters. The van der Waals surface area contributed by atoms with Gasteiger partial charge in [-0.2, -0.15) is 0 Å². The highest BCUT2D eigenvalue weighted by Gasteiger charge is 2.23. The van der Waals surface area contributed by atoms with Crippen molar-refractivity contribution in [3.63, 3.8) is 0 Å². The van der Waals surface area contributed by atoms with Gasteiger partial charge in [0.05, 0.1) is 9.86 Å². The first-order valence-corrected chi connectivity index (χ1v) is 8.52. The Morgan fingerprint density at radius 2 is 2.13 bits per heavy atom. The van der Waals surface area contributed by atoms with Crippen LogP contribution < -0.4 is 0 Å². The molecule has 0 bridgehead atoms. The molecule has 0 aliphatic heterocycles. The second kappa shape index (κ2) is 6.31. The fraction of sp³-hybridized carbons (Fsp3) is 0.0667. The molecule has 118 valence electrons. The average Bonchev–Trinajstić information content (AvgIpc) is 2.88. The highest BCUT2D eigenvalue weighted by molar-refractivity contribution is 9.10. The van der Waals surface area contributed by atoms with Crippen LogP contribution in [-0.4, -0.2) is 26.5 Å². The number of carboxylic acids is 1. The van der Waals surface area contributed by atoms with Gasteiger partial charge in [0.25, 0.3) is 0 Å². The van der Waals surface area contributed by atoms with E-state index in [0.29, 0.717) is 21.1 Å². The van der Waals surface area contributed by atoms with Gasteiger partial charge in [-0.15, -0.1) is 0 Å². The number of benzene rings is 2. The zero-order valence-electron chi connectivity index (χ0n) is 11.5. The Hall–Kier alpha value is -1.90. The molecule has 0 saturated carbocycles. The number of carboxylic acid groups (broad SMARTS) is 1. The highest BCUT2D eigenvalue weighted by atomic mass is 79.9. The van der Waals surface area contributed by atoms with Crippen molar-refractivity contribution in [3.8, 4) is 11.3 Å². The molecule has 5 nitrogen and oxygen atoms in total. The van der Waals surface area contributed by atoms with Crippen molar-refractivity contribution in [2.45, 2.75) is 4.90 Å². The number of rotatable bonds is 4. The molecular weight excluding hydrogens is 389 g/mol. The highest BCUT2D eigenvalue weighted by Crippen LogP contribution is 2.35. The molecule has 8 heteroatoms. The third kappa shape index (κ3) is 3.10. The number of hydrogen-bond donors (Lipinski definition) is 1. The largest absolute Gasteiger partial charge is 0.611 e. The van der Waals surface area contributed by atoms with Crippen molar-refractivity contribution in [1.29, 1.82) is 0 Å². The lowest BCUT2D eigenvalue weighted by Crippen LogP contribution is -2.15. The van der Waals surface area contributed by atoms with Crippen LogP contribution >= 0.6 is 15.9 Å². The molecule has 0 aliphatic rings. The van der Waals surface area contributed by atoms with Gasteiger partial charge in [0.2, 0.25) is 5.75 Å². The molecule has 1 atom stereocenters. The van der Waals surface area contributed by atoms with E-state index in [2.05, 4.69) is 21.1 Å². The number of aromatic nitrogens is 1. The Bertz CT molecular complexity index is 898. The first-order chi connectivity index (χ1) is 11.0. The van der Waals surface area contributed by atoms with Gasteiger partial charge >= 0.3 is 5.97 Å². The van der Waals surface area contributed by atoms with Crippen LogP contribution in [-0.2, 0) is 16.0 Å². The second-order valence-electron chi connectivity index (χ2n) is 4.67. The van der Waals surface area contributed by atoms with Gasteiger partial charge in [-0.25, -0.2) is 9.18 Å². The lowest BCUT2D eigenvalue weighted by molar-refractivity contribution is -0.134. The molecule has 1 N–H and O–H groups in total. The molecule has 2 aromatic carbocycles. The third-order valence-corrected chi connectivity index (χ3v) is 5.41. The van der Waals surface area contributed by atoms with E-state index in [1.54, 1.807) is 24.3 Å². The van der Waals surface area contributed by atoms with Gasteiger partial charge in [0.1, 0.15) is 11.5 Å². The smallest absolute Gasteiger partial charge is 0.354 e. The summed E-state index contributed by atoms with van der Waals surface area (Å²) in [6.45, 7) is 0. The molecule has 0 saturated heterocycles. The Morgan fingerprint density at radius 3 is 2.83 bits per heavy atom. The maximum atomic E-state index is 13.9. The van der Waals surface area contributed by atoms with Crippen LogP contribution in [0.2, 0.25) is 0 Å². The maximum absolute atomic E-state index is 13.9. The summed E-state index contributed by atoms with van der Waals surface area (Å²) in [5.41, 5.74) is 0.923. The van der Waals surface area contributed by atoms with Crippen molar-refractivity contribution in [2.24, 2.45) is 0 Å². The minimum atomic E-state index is -1.73. The number of fused-ring (bicyclic) bond motifs is 1. The topological polar surface area (TPSA) is 86.4 Å². The normalized spacial score (nSPS) is 12.5. The molecular formula is C15H9BrFNO4S. The SMILES string of the molecule is O=C(O)C[S+]([O-])c1cc2onc(-c3ccccc3F)c2cc1Br. The first kappa shape index (κ1) is 16.0. The van der Waals surface area contributed by atoms with E-state index in [0.717, 1.165) is 0 Å². The average molecular weight is 398 g/mol. The third-order valence-electron chi connectivity index (χ3n) is 3.15. The predicted octanol–water partition coefficient (Wildman–Crippen LogP) is 3.59. The monoisotopic (exact) mass is 397 g/mol. The lowest BCUT2D eigenvalue weighted by atomic mass is 10.1. The summed E-state index contributed by atoms with van der Waals surface area (Å²) in [6, 6.07) is 9.21. The van der Waals surface area contributed by atoms with Crippen LogP contribution in [0, 0.1) is 5.82 Å². The zero-order valence-corrected chi connectivity index (χ0v) is 13.9. The van der Waals surface area contributed by atoms with Crippen molar-refractivity contribution in [3.05, 3.63) is 46.7 Å². The van der Waals surface area contributed by atoms with E-state index in [4.69, 9.17) is 9.63 Å². The molecule has 3 rings (SSSR count). The van der Waals surface area contributed by atoms with E-state index in [1.807, 2.05) is 0 Å². The lowest BCUT2D eigenvalue weighted by Gasteiger charge is -2.09. The van der Waals surface area contributed by atoms with Gasteiger partial charge in [-0.3, -0.25) is 0 Å². The molecule has 3 aromatic rings. The number of hydrogen-bond acceptors (Lipinski definition) is 4. The Kier molecular flexibility index (Phi) is 4.38. The quantitative estimate of drug-likeness (QED) is 0.679. The van der Waals surface area contributed by atoms with Crippen LogP contribution in [0.25, 0.3) is 22.2 Å². The summed E-state index contributed by atoms with van der Waals surface area (Å²) in [7, 11) is 0. The van der Waals surface area contributed by atoms with Crippen LogP contribution in [0.4, 0.5) is 4.39 Å². The fourth-order valence-corrected chi connectivity index (χ4v) is 3.93. The van der Waals surface area contributed by atoms with E-state index in [-0.39, 0.29) is 10.5 Å². The van der Waals surface area contributed by atoms with E-state index in [9.17, 15) is 13.7 Å². The first-order valence-electron chi connectivity index (χ1n) is 6.41. The summed E-state index contributed by atoms with van der Waals surface area (Å²) in [5, 5.41) is 13.2. The zero-order chi connectivity index (χ0) is 16.6. The molecule has 1 heterocycles. The molecule has 23 heavy (non-hydrogen) atoms. The standard InChI is InChI=1S/C15H9BrFNO4S/c16-10-5-9-12(6-13(10)23(21)7-14(19)20)22-18-15(9)8-3-1-2-4-11(8)17/h1-6H,7H2,(H,19,20). The molecule has 0 amide bonds. The van der Waals surface area contributed by atoms with Crippen molar-refractivity contribution >= 4 is 44.0 Å². The Morgan fingerprint density at radius 1 is 1.39 bits per heavy atom. The Labute approximate surface area is 141 Å². The number of nitrogens with zero attached hydrogens (tertiary/aromatic N) is 1. The second-order valence-corrected chi connectivity index (χ2v) is 6.95. The van der Waals surface area contributed by atoms with Crippen LogP contribution in [0.3, 0.4) is 0 Å². The minimum Gasteiger partial charge on any atom is -0.611 e. The summed E-state index contributed by atoms with van der Waals surface area (Å²) in [5.74, 6) is -2.12. The number of aliphatic carboxylic acids is 1. The van der Waals surface area contributed by atoms with E-state index in [1.165, 1.54) is 12.1 Å². The van der Waals surface area contributed by atoms with Crippen molar-refractivity contribution in [2.75, 3.05) is 5.75 Å². The summed E-state index contributed by atoms with van der Waals surface area (Å²) >= 11 is 1.54. The van der Waals surface area contributed by atoms with Gasteiger partial charge in [-0.05, 0) is 45.3 Å². The van der Waals surface area contributed by atoms with Gasteiger partial charge in [-0.1, -0.05) is 17.3 Å². The Balaban J connectivity index is 2.11. The van der Waals surface area contributed by atoms with Crippen LogP contribution in [0.15, 0.2) is 50.3 Å². The summed E-state index contributed by atoms with van der Waals surface area (Å²) in [4.78, 5) is 11.0. The van der Waals surface area contributed by atoms with Crippen molar-refractivity contribution < 1.29 is 23.4 Å². The number of carbonyl (C=O) groups is 1. The van der Waals surface area contributed by atoms with Gasteiger partial charge < -0.3 is 14.2 Å². The molecule has 0 radical (unpaired) electrons. The van der Waals surface area contributed by atoms with Crippen molar-refractivity contribution in [1.82, 2.24) is 5.16 Å². The number of halogens is 2. The predicted molar refractivity (Wildman–Crippen MR) is 86.0 cm³/mol. The maximum Gasteiger partial charge on any atom is 0.354 e. The molecule has 0 fully saturated rings. The minimum absolute atomic E-state index is 0.288. The van der Waals surface area contributed by atoms with E-state index < -0.39 is 28.7 Å². The molecule has 0 aliphatic carbocycles. The van der Waals surface area contributed by atoms with Gasteiger partial charge in [0, 0.05) is 11.6 Å². The summed E-state index contributed by atoms with van der Waals surface area (Å²) in [6.07, 6.45) is 0. The molecule has 1 aromatic heterocycles. The van der Waals surface area contributed by atoms with Gasteiger partial charge in [0.15, 0.2) is 10.5 Å². The molecule has 0 spiro atoms. The van der Waals surface area contributed by atoms with Crippen LogP contribution in [0.1, 0.15) is 0 Å².